The van der Waals surface area contributed by atoms with E-state index in [0.717, 1.165) is 37.1 Å². The van der Waals surface area contributed by atoms with Gasteiger partial charge in [-0.15, -0.1) is 34.2 Å². The van der Waals surface area contributed by atoms with Gasteiger partial charge < -0.3 is 10.6 Å². The number of rotatable bonds is 6. The number of likely N-dealkylation sites (tertiary alicyclic amines) is 1. The molecule has 2 aromatic heterocycles. The van der Waals surface area contributed by atoms with Crippen LogP contribution < -0.4 is 10.6 Å². The van der Waals surface area contributed by atoms with E-state index in [9.17, 15) is 0 Å². The molecule has 0 saturated carbocycles. The molecule has 7 nitrogen and oxygen atoms in total. The van der Waals surface area contributed by atoms with Crippen LogP contribution in [0.15, 0.2) is 29.4 Å². The van der Waals surface area contributed by atoms with E-state index in [4.69, 9.17) is 0 Å². The first-order chi connectivity index (χ1) is 12.3. The molecule has 0 bridgehead atoms. The zero-order valence-electron chi connectivity index (χ0n) is 15.7. The Morgan fingerprint density at radius 1 is 1.27 bits per heavy atom. The summed E-state index contributed by atoms with van der Waals surface area (Å²) in [5.41, 5.74) is 0.852. The average Bonchev–Trinajstić information content (AvgIpc) is 3.04. The van der Waals surface area contributed by atoms with Crippen LogP contribution in [0.4, 0.5) is 0 Å². The molecule has 1 aliphatic rings. The minimum Gasteiger partial charge on any atom is -0.357 e. The lowest BCUT2D eigenvalue weighted by Gasteiger charge is -2.33. The van der Waals surface area contributed by atoms with Crippen LogP contribution in [0.5, 0.6) is 0 Å². The summed E-state index contributed by atoms with van der Waals surface area (Å²) >= 11 is 0. The van der Waals surface area contributed by atoms with Gasteiger partial charge >= 0.3 is 0 Å². The van der Waals surface area contributed by atoms with Crippen LogP contribution in [-0.4, -0.2) is 57.7 Å². The molecule has 1 fully saturated rings. The van der Waals surface area contributed by atoms with Crippen LogP contribution in [0.3, 0.4) is 0 Å². The van der Waals surface area contributed by atoms with E-state index < -0.39 is 0 Å². The standard InChI is InChI=1S/C18H29N7.HI/c1-3-19-18(20-10-13-24-11-6-4-8-15(24)2)21-14-17-23-22-16-9-5-7-12-25(16)17;/h5,7,9,12,15H,3-4,6,8,10-11,13-14H2,1-2H3,(H2,19,20,21);1H. The van der Waals surface area contributed by atoms with Crippen molar-refractivity contribution in [2.75, 3.05) is 26.2 Å². The molecule has 0 aliphatic carbocycles. The fourth-order valence-electron chi connectivity index (χ4n) is 3.30. The number of hydrogen-bond donors (Lipinski definition) is 2. The molecule has 0 amide bonds. The predicted molar refractivity (Wildman–Crippen MR) is 116 cm³/mol. The summed E-state index contributed by atoms with van der Waals surface area (Å²) in [6, 6.07) is 6.58. The van der Waals surface area contributed by atoms with Crippen molar-refractivity contribution in [3.63, 3.8) is 0 Å². The number of nitrogens with zero attached hydrogens (tertiary/aromatic N) is 5. The fourth-order valence-corrected chi connectivity index (χ4v) is 3.30. The van der Waals surface area contributed by atoms with Gasteiger partial charge in [-0.25, -0.2) is 4.99 Å². The van der Waals surface area contributed by atoms with Gasteiger partial charge in [0, 0.05) is 31.9 Å². The number of piperidine rings is 1. The third kappa shape index (κ3) is 5.54. The monoisotopic (exact) mass is 471 g/mol. The summed E-state index contributed by atoms with van der Waals surface area (Å²) in [5.74, 6) is 1.68. The van der Waals surface area contributed by atoms with Crippen molar-refractivity contribution in [3.05, 3.63) is 30.2 Å². The lowest BCUT2D eigenvalue weighted by atomic mass is 10.0. The molecule has 1 unspecified atom stereocenters. The lowest BCUT2D eigenvalue weighted by molar-refractivity contribution is 0.163. The quantitative estimate of drug-likeness (QED) is 0.385. The topological polar surface area (TPSA) is 69.8 Å². The summed E-state index contributed by atoms with van der Waals surface area (Å²) in [6.45, 7) is 8.91. The lowest BCUT2D eigenvalue weighted by Crippen LogP contribution is -2.45. The number of halogens is 1. The summed E-state index contributed by atoms with van der Waals surface area (Å²) < 4.78 is 1.97. The van der Waals surface area contributed by atoms with Gasteiger partial charge in [0.05, 0.1) is 0 Å². The Morgan fingerprint density at radius 2 is 2.15 bits per heavy atom. The Morgan fingerprint density at radius 3 is 2.96 bits per heavy atom. The Kier molecular flexibility index (Phi) is 8.56. The maximum Gasteiger partial charge on any atom is 0.191 e. The first kappa shape index (κ1) is 20.9. The van der Waals surface area contributed by atoms with Crippen molar-refractivity contribution in [1.29, 1.82) is 0 Å². The van der Waals surface area contributed by atoms with Crippen molar-refractivity contribution < 1.29 is 0 Å². The van der Waals surface area contributed by atoms with Crippen LogP contribution in [0.1, 0.15) is 38.9 Å². The van der Waals surface area contributed by atoms with Gasteiger partial charge in [0.2, 0.25) is 0 Å². The van der Waals surface area contributed by atoms with E-state index in [1.165, 1.54) is 25.8 Å². The maximum absolute atomic E-state index is 4.66. The van der Waals surface area contributed by atoms with Crippen LogP contribution in [-0.2, 0) is 6.54 Å². The second-order valence-electron chi connectivity index (χ2n) is 6.55. The van der Waals surface area contributed by atoms with Crippen molar-refractivity contribution >= 4 is 35.6 Å². The molecule has 0 aromatic carbocycles. The molecule has 1 aliphatic heterocycles. The smallest absolute Gasteiger partial charge is 0.191 e. The normalized spacial score (nSPS) is 18.5. The Balaban J connectivity index is 0.00000243. The van der Waals surface area contributed by atoms with E-state index in [1.54, 1.807) is 0 Å². The Labute approximate surface area is 172 Å². The minimum atomic E-state index is 0. The molecule has 1 atom stereocenters. The van der Waals surface area contributed by atoms with Crippen LogP contribution in [0.2, 0.25) is 0 Å². The van der Waals surface area contributed by atoms with E-state index in [-0.39, 0.29) is 24.0 Å². The summed E-state index contributed by atoms with van der Waals surface area (Å²) in [7, 11) is 0. The van der Waals surface area contributed by atoms with Crippen molar-refractivity contribution in [3.8, 4) is 0 Å². The predicted octanol–water partition coefficient (Wildman–Crippen LogP) is 2.28. The Hall–Kier alpha value is -1.42. The number of nitrogens with one attached hydrogen (secondary N) is 2. The fraction of sp³-hybridized carbons (Fsp3) is 0.611. The highest BCUT2D eigenvalue weighted by Gasteiger charge is 2.17. The highest BCUT2D eigenvalue weighted by molar-refractivity contribution is 14.0. The number of aromatic nitrogens is 3. The molecule has 0 radical (unpaired) electrons. The third-order valence-electron chi connectivity index (χ3n) is 4.74. The van der Waals surface area contributed by atoms with Crippen molar-refractivity contribution in [1.82, 2.24) is 30.1 Å². The molecule has 2 aromatic rings. The zero-order chi connectivity index (χ0) is 17.5. The van der Waals surface area contributed by atoms with Crippen LogP contribution in [0.25, 0.3) is 5.65 Å². The van der Waals surface area contributed by atoms with Gasteiger partial charge in [-0.2, -0.15) is 0 Å². The first-order valence-electron chi connectivity index (χ1n) is 9.33. The number of fused-ring (bicyclic) bond motifs is 1. The molecule has 3 rings (SSSR count). The first-order valence-corrected chi connectivity index (χ1v) is 9.33. The molecule has 8 heteroatoms. The molecular formula is C18H30IN7. The summed E-state index contributed by atoms with van der Waals surface area (Å²) in [5, 5.41) is 15.1. The van der Waals surface area contributed by atoms with Gasteiger partial charge in [0.1, 0.15) is 6.54 Å². The summed E-state index contributed by atoms with van der Waals surface area (Å²) in [4.78, 5) is 7.22. The van der Waals surface area contributed by atoms with E-state index in [2.05, 4.69) is 44.6 Å². The number of guanidine groups is 1. The van der Waals surface area contributed by atoms with Crippen molar-refractivity contribution in [2.45, 2.75) is 45.7 Å². The summed E-state index contributed by atoms with van der Waals surface area (Å²) in [6.07, 6.45) is 5.96. The largest absolute Gasteiger partial charge is 0.357 e. The molecule has 144 valence electrons. The molecule has 26 heavy (non-hydrogen) atoms. The number of pyridine rings is 1. The van der Waals surface area contributed by atoms with Gasteiger partial charge in [-0.3, -0.25) is 9.30 Å². The van der Waals surface area contributed by atoms with E-state index in [1.807, 2.05) is 28.8 Å². The van der Waals surface area contributed by atoms with Crippen LogP contribution >= 0.6 is 24.0 Å². The number of aliphatic imine (C=N–C) groups is 1. The average molecular weight is 471 g/mol. The molecule has 1 saturated heterocycles. The second kappa shape index (κ2) is 10.7. The van der Waals surface area contributed by atoms with Gasteiger partial charge in [0.25, 0.3) is 0 Å². The molecule has 0 spiro atoms. The van der Waals surface area contributed by atoms with Crippen molar-refractivity contribution in [2.24, 2.45) is 4.99 Å². The number of hydrogen-bond acceptors (Lipinski definition) is 4. The van der Waals surface area contributed by atoms with Gasteiger partial charge in [-0.05, 0) is 45.4 Å². The van der Waals surface area contributed by atoms with E-state index in [0.29, 0.717) is 12.6 Å². The van der Waals surface area contributed by atoms with Crippen LogP contribution in [0, 0.1) is 0 Å². The SMILES string of the molecule is CCNC(=NCc1nnc2ccccn12)NCCN1CCCCC1C.I. The van der Waals surface area contributed by atoms with Gasteiger partial charge in [-0.1, -0.05) is 12.5 Å². The third-order valence-corrected chi connectivity index (χ3v) is 4.74. The van der Waals surface area contributed by atoms with Gasteiger partial charge in [0.15, 0.2) is 17.4 Å². The minimum absolute atomic E-state index is 0. The highest BCUT2D eigenvalue weighted by atomic mass is 127. The second-order valence-corrected chi connectivity index (χ2v) is 6.55. The molecule has 3 heterocycles. The molecular weight excluding hydrogens is 441 g/mol. The zero-order valence-corrected chi connectivity index (χ0v) is 18.0. The highest BCUT2D eigenvalue weighted by Crippen LogP contribution is 2.15. The Bertz CT molecular complexity index is 700. The maximum atomic E-state index is 4.66. The van der Waals surface area contributed by atoms with E-state index >= 15 is 0 Å². The molecule has 2 N–H and O–H groups in total.